The van der Waals surface area contributed by atoms with E-state index >= 15 is 0 Å². The summed E-state index contributed by atoms with van der Waals surface area (Å²) >= 11 is 0. The van der Waals surface area contributed by atoms with Crippen molar-refractivity contribution in [3.05, 3.63) is 70.1 Å². The minimum Gasteiger partial charge on any atom is -0.388 e. The molecule has 0 aliphatic carbocycles. The normalized spacial score (nSPS) is 12.0. The second-order valence-corrected chi connectivity index (χ2v) is 5.48. The van der Waals surface area contributed by atoms with Gasteiger partial charge in [0.15, 0.2) is 0 Å². The molecule has 5 nitrogen and oxygen atoms in total. The van der Waals surface area contributed by atoms with Gasteiger partial charge in [-0.15, -0.1) is 0 Å². The van der Waals surface area contributed by atoms with Gasteiger partial charge in [0.2, 0.25) is 0 Å². The zero-order valence-corrected chi connectivity index (χ0v) is 13.5. The quantitative estimate of drug-likeness (QED) is 0.888. The average Bonchev–Trinajstić information content (AvgIpc) is 2.59. The Hall–Kier alpha value is -2.40. The molecule has 23 heavy (non-hydrogen) atoms. The van der Waals surface area contributed by atoms with E-state index in [0.717, 1.165) is 5.56 Å². The van der Waals surface area contributed by atoms with E-state index in [1.165, 1.54) is 15.5 Å². The van der Waals surface area contributed by atoms with Crippen molar-refractivity contribution in [3.63, 3.8) is 0 Å². The van der Waals surface area contributed by atoms with Crippen LogP contribution in [0.5, 0.6) is 0 Å². The Kier molecular flexibility index (Phi) is 5.71. The second kappa shape index (κ2) is 7.74. The number of aliphatic hydroxyl groups excluding tert-OH is 1. The van der Waals surface area contributed by atoms with Crippen LogP contribution in [0.25, 0.3) is 0 Å². The van der Waals surface area contributed by atoms with Gasteiger partial charge in [-0.1, -0.05) is 30.3 Å². The van der Waals surface area contributed by atoms with Crippen LogP contribution in [-0.2, 0) is 6.54 Å². The minimum atomic E-state index is -0.612. The van der Waals surface area contributed by atoms with Crippen molar-refractivity contribution in [2.75, 3.05) is 13.6 Å². The van der Waals surface area contributed by atoms with Crippen molar-refractivity contribution in [3.8, 4) is 0 Å². The van der Waals surface area contributed by atoms with Gasteiger partial charge in [-0.3, -0.25) is 9.59 Å². The third-order valence-corrected chi connectivity index (χ3v) is 3.85. The van der Waals surface area contributed by atoms with E-state index in [2.05, 4.69) is 0 Å². The molecule has 0 bridgehead atoms. The van der Waals surface area contributed by atoms with Crippen molar-refractivity contribution < 1.29 is 9.90 Å². The van der Waals surface area contributed by atoms with Gasteiger partial charge in [0.05, 0.1) is 6.10 Å². The molecule has 2 aromatic rings. The van der Waals surface area contributed by atoms with E-state index in [9.17, 15) is 14.7 Å². The molecule has 0 aliphatic heterocycles. The maximum atomic E-state index is 12.3. The Balaban J connectivity index is 1.97. The van der Waals surface area contributed by atoms with Gasteiger partial charge in [-0.05, 0) is 25.0 Å². The number of hydrogen-bond donors (Lipinski definition) is 1. The molecule has 1 atom stereocenters. The van der Waals surface area contributed by atoms with Crippen LogP contribution >= 0.6 is 0 Å². The number of hydrogen-bond acceptors (Lipinski definition) is 3. The van der Waals surface area contributed by atoms with E-state index in [1.54, 1.807) is 19.3 Å². The third kappa shape index (κ3) is 4.29. The highest BCUT2D eigenvalue weighted by Gasteiger charge is 2.15. The van der Waals surface area contributed by atoms with Crippen LogP contribution < -0.4 is 5.56 Å². The number of carbonyl (C=O) groups excluding carboxylic acids is 1. The van der Waals surface area contributed by atoms with Crippen LogP contribution in [0.15, 0.2) is 53.5 Å². The lowest BCUT2D eigenvalue weighted by Gasteiger charge is -2.19. The van der Waals surface area contributed by atoms with E-state index < -0.39 is 6.10 Å². The number of amides is 1. The Morgan fingerprint density at radius 2 is 1.96 bits per heavy atom. The highest BCUT2D eigenvalue weighted by atomic mass is 16.3. The highest BCUT2D eigenvalue weighted by molar-refractivity contribution is 5.93. The number of nitrogens with zero attached hydrogens (tertiary/aromatic N) is 2. The molecule has 0 unspecified atom stereocenters. The second-order valence-electron chi connectivity index (χ2n) is 5.48. The predicted molar refractivity (Wildman–Crippen MR) is 89.4 cm³/mol. The zero-order valence-electron chi connectivity index (χ0n) is 13.5. The summed E-state index contributed by atoms with van der Waals surface area (Å²) in [6.07, 6.45) is 1.46. The monoisotopic (exact) mass is 314 g/mol. The van der Waals surface area contributed by atoms with E-state index in [1.807, 2.05) is 37.3 Å². The molecule has 5 heteroatoms. The lowest BCUT2D eigenvalue weighted by Crippen LogP contribution is -2.30. The molecule has 0 saturated heterocycles. The van der Waals surface area contributed by atoms with Crippen LogP contribution in [0.4, 0.5) is 0 Å². The first-order valence-corrected chi connectivity index (χ1v) is 7.72. The van der Waals surface area contributed by atoms with Gasteiger partial charge in [0, 0.05) is 38.0 Å². The number of pyridine rings is 1. The summed E-state index contributed by atoms with van der Waals surface area (Å²) in [4.78, 5) is 25.7. The standard InChI is InChI=1S/C18H22N2O3/c1-3-20-12-9-15(13-17(20)22)18(23)19(2)11-10-16(21)14-7-5-4-6-8-14/h4-9,12-13,16,21H,3,10-11H2,1-2H3/t16-/m0/s1. The van der Waals surface area contributed by atoms with Crippen molar-refractivity contribution in [1.82, 2.24) is 9.47 Å². The molecular formula is C18H22N2O3. The summed E-state index contributed by atoms with van der Waals surface area (Å²) in [7, 11) is 1.67. The molecule has 0 radical (unpaired) electrons. The molecule has 0 spiro atoms. The van der Waals surface area contributed by atoms with Crippen molar-refractivity contribution in [1.29, 1.82) is 0 Å². The average molecular weight is 314 g/mol. The molecule has 0 saturated carbocycles. The van der Waals surface area contributed by atoms with Gasteiger partial charge < -0.3 is 14.6 Å². The van der Waals surface area contributed by atoms with E-state index in [0.29, 0.717) is 25.1 Å². The number of carbonyl (C=O) groups is 1. The van der Waals surface area contributed by atoms with Crippen molar-refractivity contribution >= 4 is 5.91 Å². The first kappa shape index (κ1) is 17.0. The van der Waals surface area contributed by atoms with Gasteiger partial charge in [-0.2, -0.15) is 0 Å². The number of rotatable bonds is 6. The van der Waals surface area contributed by atoms with E-state index in [-0.39, 0.29) is 11.5 Å². The first-order chi connectivity index (χ1) is 11.0. The Labute approximate surface area is 135 Å². The van der Waals surface area contributed by atoms with Gasteiger partial charge in [0.1, 0.15) is 0 Å². The highest BCUT2D eigenvalue weighted by Crippen LogP contribution is 2.16. The fourth-order valence-corrected chi connectivity index (χ4v) is 2.38. The molecule has 1 N–H and O–H groups in total. The molecule has 1 amide bonds. The van der Waals surface area contributed by atoms with E-state index in [4.69, 9.17) is 0 Å². The van der Waals surface area contributed by atoms with Crippen LogP contribution in [0, 0.1) is 0 Å². The number of aliphatic hydroxyl groups is 1. The SMILES string of the molecule is CCn1ccc(C(=O)N(C)CC[C@H](O)c2ccccc2)cc1=O. The smallest absolute Gasteiger partial charge is 0.253 e. The molecule has 0 aliphatic rings. The van der Waals surface area contributed by atoms with Crippen LogP contribution in [-0.4, -0.2) is 34.1 Å². The molecule has 0 fully saturated rings. The molecule has 1 aromatic heterocycles. The topological polar surface area (TPSA) is 62.5 Å². The summed E-state index contributed by atoms with van der Waals surface area (Å²) in [5.74, 6) is -0.217. The van der Waals surface area contributed by atoms with Crippen LogP contribution in [0.2, 0.25) is 0 Å². The predicted octanol–water partition coefficient (Wildman–Crippen LogP) is 2.06. The Morgan fingerprint density at radius 3 is 2.57 bits per heavy atom. The summed E-state index contributed by atoms with van der Waals surface area (Å²) in [6.45, 7) is 2.86. The number of aromatic nitrogens is 1. The largest absolute Gasteiger partial charge is 0.388 e. The third-order valence-electron chi connectivity index (χ3n) is 3.85. The molecular weight excluding hydrogens is 292 g/mol. The number of aryl methyl sites for hydroxylation is 1. The Bertz CT molecular complexity index is 710. The lowest BCUT2D eigenvalue weighted by atomic mass is 10.1. The number of benzene rings is 1. The van der Waals surface area contributed by atoms with Gasteiger partial charge in [0.25, 0.3) is 11.5 Å². The van der Waals surface area contributed by atoms with Gasteiger partial charge in [-0.25, -0.2) is 0 Å². The zero-order chi connectivity index (χ0) is 16.8. The van der Waals surface area contributed by atoms with Crippen molar-refractivity contribution in [2.24, 2.45) is 0 Å². The van der Waals surface area contributed by atoms with Crippen LogP contribution in [0.3, 0.4) is 0 Å². The minimum absolute atomic E-state index is 0.184. The maximum Gasteiger partial charge on any atom is 0.253 e. The molecule has 122 valence electrons. The molecule has 1 heterocycles. The maximum absolute atomic E-state index is 12.3. The fourth-order valence-electron chi connectivity index (χ4n) is 2.38. The van der Waals surface area contributed by atoms with Crippen molar-refractivity contribution in [2.45, 2.75) is 26.0 Å². The molecule has 2 rings (SSSR count). The van der Waals surface area contributed by atoms with Gasteiger partial charge >= 0.3 is 0 Å². The summed E-state index contributed by atoms with van der Waals surface area (Å²) in [6, 6.07) is 12.4. The Morgan fingerprint density at radius 1 is 1.26 bits per heavy atom. The lowest BCUT2D eigenvalue weighted by molar-refractivity contribution is 0.0761. The summed E-state index contributed by atoms with van der Waals surface area (Å²) in [5.41, 5.74) is 1.02. The van der Waals surface area contributed by atoms with Crippen LogP contribution in [0.1, 0.15) is 35.4 Å². The molecule has 1 aromatic carbocycles. The summed E-state index contributed by atoms with van der Waals surface area (Å²) in [5, 5.41) is 10.1. The first-order valence-electron chi connectivity index (χ1n) is 7.72. The summed E-state index contributed by atoms with van der Waals surface area (Å²) < 4.78 is 1.54. The fraction of sp³-hybridized carbons (Fsp3) is 0.333.